The molecule has 0 amide bonds. The van der Waals surface area contributed by atoms with E-state index in [2.05, 4.69) is 130 Å². The molecule has 0 radical (unpaired) electrons. The molecule has 0 aliphatic carbocycles. The summed E-state index contributed by atoms with van der Waals surface area (Å²) in [6.07, 6.45) is 1.13. The molecule has 0 heterocycles. The molecule has 0 nitrogen and oxygen atoms in total. The fourth-order valence-electron chi connectivity index (χ4n) is 2.68. The zero-order chi connectivity index (χ0) is 15.4. The van der Waals surface area contributed by atoms with E-state index in [1.54, 1.807) is 0 Å². The van der Waals surface area contributed by atoms with Crippen LogP contribution >= 0.6 is 49.5 Å². The van der Waals surface area contributed by atoms with E-state index in [0.717, 1.165) is 6.16 Å². The molecule has 0 atom stereocenters. The van der Waals surface area contributed by atoms with Crippen molar-refractivity contribution in [1.82, 2.24) is 0 Å². The summed E-state index contributed by atoms with van der Waals surface area (Å²) in [5, 5.41) is 2.97. The van der Waals surface area contributed by atoms with Gasteiger partial charge in [-0.25, -0.2) is 0 Å². The Morgan fingerprint density at radius 1 is 0.636 bits per heavy atom. The summed E-state index contributed by atoms with van der Waals surface area (Å²) in [4.78, 5) is -1.81. The Hall–Kier alpha value is -0.450. The monoisotopic (exact) mass is 530 g/mol. The molecule has 3 aromatic rings. The Labute approximate surface area is 159 Å². The van der Waals surface area contributed by atoms with Crippen LogP contribution in [0.15, 0.2) is 84.9 Å². The summed E-state index contributed by atoms with van der Waals surface area (Å²) in [6, 6.07) is 30.8. The molecule has 0 saturated carbocycles. The third-order valence-electron chi connectivity index (χ3n) is 3.85. The van der Waals surface area contributed by atoms with Crippen molar-refractivity contribution in [3.05, 3.63) is 94.1 Å². The van der Waals surface area contributed by atoms with Gasteiger partial charge in [-0.15, -0.1) is 0 Å². The first-order valence-electron chi connectivity index (χ1n) is 7.23. The van der Waals surface area contributed by atoms with Gasteiger partial charge in [0.1, 0.15) is 0 Å². The van der Waals surface area contributed by atoms with Crippen LogP contribution in [0.5, 0.6) is 0 Å². The topological polar surface area (TPSA) is 0 Å². The molecule has 3 rings (SSSR count). The second-order valence-electron chi connectivity index (χ2n) is 5.30. The summed E-state index contributed by atoms with van der Waals surface area (Å²) in [7, 11) is 0. The SMILES string of the molecule is Ic1ccccc1C[PH](I)(c1ccccc1)c1ccccc1. The van der Waals surface area contributed by atoms with Gasteiger partial charge in [0.25, 0.3) is 0 Å². The molecule has 0 aliphatic rings. The molecule has 0 bridgehead atoms. The molecule has 0 N–H and O–H groups in total. The maximum absolute atomic E-state index is 2.76. The Kier molecular flexibility index (Phi) is 5.53. The normalized spacial score (nSPS) is 12.1. The van der Waals surface area contributed by atoms with Crippen molar-refractivity contribution in [3.8, 4) is 0 Å². The van der Waals surface area contributed by atoms with Crippen molar-refractivity contribution in [2.24, 2.45) is 0 Å². The molecular formula is C19H17I2P. The van der Waals surface area contributed by atoms with Gasteiger partial charge >= 0.3 is 160 Å². The molecule has 0 fully saturated rings. The summed E-state index contributed by atoms with van der Waals surface area (Å²) in [5.74, 6) is 0. The van der Waals surface area contributed by atoms with Crippen molar-refractivity contribution < 1.29 is 0 Å². The van der Waals surface area contributed by atoms with Crippen LogP contribution < -0.4 is 10.6 Å². The van der Waals surface area contributed by atoms with Crippen LogP contribution in [-0.2, 0) is 6.16 Å². The van der Waals surface area contributed by atoms with Crippen molar-refractivity contribution in [2.45, 2.75) is 6.16 Å². The summed E-state index contributed by atoms with van der Waals surface area (Å²) >= 11 is 5.22. The molecule has 0 spiro atoms. The zero-order valence-corrected chi connectivity index (χ0v) is 17.4. The van der Waals surface area contributed by atoms with Crippen molar-refractivity contribution in [3.63, 3.8) is 0 Å². The van der Waals surface area contributed by atoms with Gasteiger partial charge in [-0.2, -0.15) is 0 Å². The van der Waals surface area contributed by atoms with Crippen LogP contribution in [-0.4, -0.2) is 0 Å². The number of halogens is 2. The number of benzene rings is 3. The van der Waals surface area contributed by atoms with Crippen LogP contribution in [0.4, 0.5) is 0 Å². The Morgan fingerprint density at radius 2 is 1.09 bits per heavy atom. The minimum atomic E-state index is -1.81. The van der Waals surface area contributed by atoms with Gasteiger partial charge in [-0.3, -0.25) is 0 Å². The standard InChI is InChI=1S/C19H17I2P/c20-19-14-8-7-9-16(19)15-22(21,17-10-3-1-4-11-17)18-12-5-2-6-13-18/h1-14,22H,15H2. The quantitative estimate of drug-likeness (QED) is 0.307. The first kappa shape index (κ1) is 16.4. The number of hydrogen-bond donors (Lipinski definition) is 0. The zero-order valence-electron chi connectivity index (χ0n) is 12.0. The van der Waals surface area contributed by atoms with Crippen LogP contribution in [0.3, 0.4) is 0 Å². The van der Waals surface area contributed by atoms with Gasteiger partial charge in [-0.05, 0) is 0 Å². The Balaban J connectivity index is 2.10. The molecular weight excluding hydrogens is 513 g/mol. The molecule has 0 saturated heterocycles. The summed E-state index contributed by atoms with van der Waals surface area (Å²) in [5.41, 5.74) is 1.46. The second kappa shape index (κ2) is 7.41. The van der Waals surface area contributed by atoms with Gasteiger partial charge in [-0.1, -0.05) is 0 Å². The van der Waals surface area contributed by atoms with E-state index in [1.807, 2.05) is 0 Å². The van der Waals surface area contributed by atoms with Crippen LogP contribution in [0, 0.1) is 3.57 Å². The predicted molar refractivity (Wildman–Crippen MR) is 117 cm³/mol. The molecule has 22 heavy (non-hydrogen) atoms. The van der Waals surface area contributed by atoms with Gasteiger partial charge < -0.3 is 0 Å². The molecule has 112 valence electrons. The van der Waals surface area contributed by atoms with E-state index in [4.69, 9.17) is 0 Å². The predicted octanol–water partition coefficient (Wildman–Crippen LogP) is 5.54. The van der Waals surface area contributed by atoms with Crippen LogP contribution in [0.1, 0.15) is 5.56 Å². The molecule has 0 aliphatic heterocycles. The molecule has 0 aromatic heterocycles. The molecule has 3 aromatic carbocycles. The molecule has 3 heteroatoms. The van der Waals surface area contributed by atoms with Crippen LogP contribution in [0.25, 0.3) is 0 Å². The fraction of sp³-hybridized carbons (Fsp3) is 0.0526. The average molecular weight is 530 g/mol. The van der Waals surface area contributed by atoms with E-state index >= 15 is 0 Å². The average Bonchev–Trinajstić information content (AvgIpc) is 2.58. The number of rotatable bonds is 4. The van der Waals surface area contributed by atoms with Gasteiger partial charge in [0.15, 0.2) is 0 Å². The Bertz CT molecular complexity index is 702. The van der Waals surface area contributed by atoms with Gasteiger partial charge in [0.2, 0.25) is 0 Å². The maximum atomic E-state index is 2.76. The minimum absolute atomic E-state index is 1.13. The van der Waals surface area contributed by atoms with E-state index in [0.29, 0.717) is 0 Å². The fourth-order valence-corrected chi connectivity index (χ4v) is 10.0. The van der Waals surface area contributed by atoms with Gasteiger partial charge in [0, 0.05) is 0 Å². The first-order valence-corrected chi connectivity index (χ1v) is 13.6. The van der Waals surface area contributed by atoms with Crippen molar-refractivity contribution >= 4 is 60.1 Å². The van der Waals surface area contributed by atoms with E-state index in [9.17, 15) is 0 Å². The second-order valence-corrected chi connectivity index (χ2v) is 15.1. The van der Waals surface area contributed by atoms with E-state index in [-0.39, 0.29) is 0 Å². The first-order chi connectivity index (χ1) is 10.7. The van der Waals surface area contributed by atoms with Crippen LogP contribution in [0.2, 0.25) is 0 Å². The third-order valence-corrected chi connectivity index (χ3v) is 13.2. The molecule has 0 unspecified atom stereocenters. The Morgan fingerprint density at radius 3 is 1.59 bits per heavy atom. The van der Waals surface area contributed by atoms with E-state index in [1.165, 1.54) is 19.7 Å². The number of hydrogen-bond acceptors (Lipinski definition) is 0. The van der Waals surface area contributed by atoms with Crippen molar-refractivity contribution in [1.29, 1.82) is 0 Å². The third kappa shape index (κ3) is 3.55. The van der Waals surface area contributed by atoms with E-state index < -0.39 is 4.90 Å². The van der Waals surface area contributed by atoms with Crippen molar-refractivity contribution in [2.75, 3.05) is 0 Å². The van der Waals surface area contributed by atoms with Gasteiger partial charge in [0.05, 0.1) is 0 Å². The summed E-state index contributed by atoms with van der Waals surface area (Å²) in [6.45, 7) is 0. The summed E-state index contributed by atoms with van der Waals surface area (Å²) < 4.78 is 1.36.